The van der Waals surface area contributed by atoms with Gasteiger partial charge in [-0.2, -0.15) is 0 Å². The largest absolute Gasteiger partial charge is 0.345 e. The number of hydrogen-bond acceptors (Lipinski definition) is 3. The average molecular weight is 293 g/mol. The first-order chi connectivity index (χ1) is 10.0. The average Bonchev–Trinajstić information content (AvgIpc) is 3.30. The third-order valence-corrected chi connectivity index (χ3v) is 3.81. The Morgan fingerprint density at radius 1 is 1.05 bits per heavy atom. The lowest BCUT2D eigenvalue weighted by atomic mass is 10.2. The Hall–Kier alpha value is -1.85. The second-order valence-corrected chi connectivity index (χ2v) is 5.63. The summed E-state index contributed by atoms with van der Waals surface area (Å²) < 4.78 is 0. The Bertz CT molecular complexity index is 461. The number of amides is 3. The molecule has 1 N–H and O–H groups in total. The molecule has 6 nitrogen and oxygen atoms in total. The van der Waals surface area contributed by atoms with Gasteiger partial charge in [0.05, 0.1) is 0 Å². The summed E-state index contributed by atoms with van der Waals surface area (Å²) in [6, 6.07) is 0.186. The van der Waals surface area contributed by atoms with Gasteiger partial charge in [0.1, 0.15) is 0 Å². The SMILES string of the molecule is CC/C=C(\C)C(=O)N1CCN(C(=O)C(=O)NC2CC2)CC1. The lowest BCUT2D eigenvalue weighted by molar-refractivity contribution is -0.148. The van der Waals surface area contributed by atoms with Crippen LogP contribution in [0.25, 0.3) is 0 Å². The van der Waals surface area contributed by atoms with Crippen molar-refractivity contribution >= 4 is 17.7 Å². The molecule has 0 aromatic rings. The molecule has 0 radical (unpaired) electrons. The summed E-state index contributed by atoms with van der Waals surface area (Å²) in [5.74, 6) is -0.972. The molecule has 21 heavy (non-hydrogen) atoms. The summed E-state index contributed by atoms with van der Waals surface area (Å²) in [6.45, 7) is 5.61. The standard InChI is InChI=1S/C15H23N3O3/c1-3-4-11(2)14(20)17-7-9-18(10-8-17)15(21)13(19)16-12-5-6-12/h4,12H,3,5-10H2,1-2H3,(H,16,19)/b11-4+. The molecule has 0 aromatic carbocycles. The third-order valence-electron chi connectivity index (χ3n) is 3.81. The highest BCUT2D eigenvalue weighted by Crippen LogP contribution is 2.18. The number of nitrogens with one attached hydrogen (secondary N) is 1. The quantitative estimate of drug-likeness (QED) is 0.601. The maximum atomic E-state index is 12.1. The predicted molar refractivity (Wildman–Crippen MR) is 78.4 cm³/mol. The molecule has 1 heterocycles. The second kappa shape index (κ2) is 6.74. The van der Waals surface area contributed by atoms with E-state index in [1.165, 1.54) is 4.90 Å². The highest BCUT2D eigenvalue weighted by Gasteiger charge is 2.31. The van der Waals surface area contributed by atoms with Crippen LogP contribution in [0.1, 0.15) is 33.1 Å². The Morgan fingerprint density at radius 2 is 1.57 bits per heavy atom. The van der Waals surface area contributed by atoms with Crippen LogP contribution >= 0.6 is 0 Å². The smallest absolute Gasteiger partial charge is 0.312 e. The summed E-state index contributed by atoms with van der Waals surface area (Å²) in [4.78, 5) is 39.1. The zero-order chi connectivity index (χ0) is 15.4. The van der Waals surface area contributed by atoms with Crippen LogP contribution in [-0.2, 0) is 14.4 Å². The maximum absolute atomic E-state index is 12.1. The topological polar surface area (TPSA) is 69.7 Å². The highest BCUT2D eigenvalue weighted by atomic mass is 16.2. The Morgan fingerprint density at radius 3 is 2.05 bits per heavy atom. The number of piperazine rings is 1. The van der Waals surface area contributed by atoms with E-state index in [0.717, 1.165) is 24.8 Å². The van der Waals surface area contributed by atoms with Gasteiger partial charge >= 0.3 is 11.8 Å². The predicted octanol–water partition coefficient (Wildman–Crippen LogP) is 0.292. The number of allylic oxidation sites excluding steroid dienone is 1. The van der Waals surface area contributed by atoms with Crippen LogP contribution in [0.15, 0.2) is 11.6 Å². The molecular weight excluding hydrogens is 270 g/mol. The summed E-state index contributed by atoms with van der Waals surface area (Å²) in [5.41, 5.74) is 0.740. The fourth-order valence-corrected chi connectivity index (χ4v) is 2.37. The van der Waals surface area contributed by atoms with Crippen molar-refractivity contribution in [3.8, 4) is 0 Å². The lowest BCUT2D eigenvalue weighted by Gasteiger charge is -2.34. The van der Waals surface area contributed by atoms with E-state index in [0.29, 0.717) is 26.2 Å². The van der Waals surface area contributed by atoms with E-state index in [4.69, 9.17) is 0 Å². The van der Waals surface area contributed by atoms with Crippen LogP contribution in [0.5, 0.6) is 0 Å². The molecule has 3 amide bonds. The highest BCUT2D eigenvalue weighted by molar-refractivity contribution is 6.35. The molecule has 1 saturated heterocycles. The van der Waals surface area contributed by atoms with Gasteiger partial charge in [0.25, 0.3) is 0 Å². The third kappa shape index (κ3) is 4.06. The molecule has 0 aromatic heterocycles. The molecule has 116 valence electrons. The first-order valence-electron chi connectivity index (χ1n) is 7.58. The van der Waals surface area contributed by atoms with Crippen LogP contribution in [0.3, 0.4) is 0 Å². The van der Waals surface area contributed by atoms with Crippen molar-refractivity contribution in [1.29, 1.82) is 0 Å². The van der Waals surface area contributed by atoms with Crippen molar-refractivity contribution in [3.63, 3.8) is 0 Å². The Labute approximate surface area is 125 Å². The lowest BCUT2D eigenvalue weighted by Crippen LogP contribution is -2.54. The van der Waals surface area contributed by atoms with Crippen LogP contribution in [0, 0.1) is 0 Å². The molecule has 1 aliphatic carbocycles. The van der Waals surface area contributed by atoms with E-state index in [1.54, 1.807) is 4.90 Å². The van der Waals surface area contributed by atoms with E-state index < -0.39 is 11.8 Å². The molecular formula is C15H23N3O3. The van der Waals surface area contributed by atoms with Gasteiger partial charge in [0, 0.05) is 37.8 Å². The van der Waals surface area contributed by atoms with Crippen LogP contribution in [0.2, 0.25) is 0 Å². The van der Waals surface area contributed by atoms with Crippen molar-refractivity contribution in [2.45, 2.75) is 39.2 Å². The Balaban J connectivity index is 1.82. The van der Waals surface area contributed by atoms with Gasteiger partial charge in [-0.15, -0.1) is 0 Å². The maximum Gasteiger partial charge on any atom is 0.312 e. The van der Waals surface area contributed by atoms with Crippen LogP contribution < -0.4 is 5.32 Å². The van der Waals surface area contributed by atoms with Crippen LogP contribution in [-0.4, -0.2) is 59.7 Å². The number of carbonyl (C=O) groups excluding carboxylic acids is 3. The van der Waals surface area contributed by atoms with Gasteiger partial charge in [-0.3, -0.25) is 14.4 Å². The number of nitrogens with zero attached hydrogens (tertiary/aromatic N) is 2. The molecule has 6 heteroatoms. The van der Waals surface area contributed by atoms with Crippen molar-refractivity contribution in [2.24, 2.45) is 0 Å². The van der Waals surface area contributed by atoms with Gasteiger partial charge < -0.3 is 15.1 Å². The van der Waals surface area contributed by atoms with Crippen molar-refractivity contribution < 1.29 is 14.4 Å². The normalized spacial score (nSPS) is 19.4. The number of carbonyl (C=O) groups is 3. The van der Waals surface area contributed by atoms with Gasteiger partial charge in [-0.25, -0.2) is 0 Å². The van der Waals surface area contributed by atoms with E-state index in [-0.39, 0.29) is 11.9 Å². The van der Waals surface area contributed by atoms with Gasteiger partial charge in [0.2, 0.25) is 5.91 Å². The van der Waals surface area contributed by atoms with E-state index >= 15 is 0 Å². The number of rotatable bonds is 3. The molecule has 0 spiro atoms. The van der Waals surface area contributed by atoms with Crippen molar-refractivity contribution in [3.05, 3.63) is 11.6 Å². The molecule has 2 rings (SSSR count). The summed E-state index contributed by atoms with van der Waals surface area (Å²) >= 11 is 0. The molecule has 1 saturated carbocycles. The van der Waals surface area contributed by atoms with E-state index in [1.807, 2.05) is 19.9 Å². The van der Waals surface area contributed by atoms with Gasteiger partial charge in [0.15, 0.2) is 0 Å². The second-order valence-electron chi connectivity index (χ2n) is 5.63. The zero-order valence-corrected chi connectivity index (χ0v) is 12.7. The minimum absolute atomic E-state index is 0.0198. The zero-order valence-electron chi connectivity index (χ0n) is 12.7. The van der Waals surface area contributed by atoms with Gasteiger partial charge in [-0.05, 0) is 26.2 Å². The number of hydrogen-bond donors (Lipinski definition) is 1. The Kier molecular flexibility index (Phi) is 4.98. The minimum Gasteiger partial charge on any atom is -0.345 e. The summed E-state index contributed by atoms with van der Waals surface area (Å²) in [5, 5.41) is 2.70. The molecule has 0 atom stereocenters. The van der Waals surface area contributed by atoms with Gasteiger partial charge in [-0.1, -0.05) is 13.0 Å². The minimum atomic E-state index is -0.515. The first kappa shape index (κ1) is 15.5. The molecule has 1 aliphatic heterocycles. The van der Waals surface area contributed by atoms with E-state index in [9.17, 15) is 14.4 Å². The molecule has 0 bridgehead atoms. The summed E-state index contributed by atoms with van der Waals surface area (Å²) in [6.07, 6.45) is 4.66. The molecule has 2 aliphatic rings. The van der Waals surface area contributed by atoms with Crippen LogP contribution in [0.4, 0.5) is 0 Å². The summed E-state index contributed by atoms with van der Waals surface area (Å²) in [7, 11) is 0. The van der Waals surface area contributed by atoms with E-state index in [2.05, 4.69) is 5.32 Å². The fourth-order valence-electron chi connectivity index (χ4n) is 2.37. The van der Waals surface area contributed by atoms with Crippen molar-refractivity contribution in [1.82, 2.24) is 15.1 Å². The molecule has 0 unspecified atom stereocenters. The molecule has 2 fully saturated rings. The fraction of sp³-hybridized carbons (Fsp3) is 0.667. The monoisotopic (exact) mass is 293 g/mol. The van der Waals surface area contributed by atoms with Crippen molar-refractivity contribution in [2.75, 3.05) is 26.2 Å². The first-order valence-corrected chi connectivity index (χ1v) is 7.58.